The van der Waals surface area contributed by atoms with Gasteiger partial charge in [-0.05, 0) is 49.4 Å². The number of ether oxygens (including phenoxy) is 2. The molecule has 0 unspecified atom stereocenters. The van der Waals surface area contributed by atoms with Gasteiger partial charge in [-0.3, -0.25) is 9.59 Å². The van der Waals surface area contributed by atoms with Gasteiger partial charge in [0.1, 0.15) is 19.3 Å². The number of carbonyl (C=O) groups is 2. The van der Waals surface area contributed by atoms with Crippen LogP contribution in [-0.2, 0) is 22.6 Å². The summed E-state index contributed by atoms with van der Waals surface area (Å²) in [6.07, 6.45) is 2.32. The van der Waals surface area contributed by atoms with Crippen LogP contribution in [0.5, 0.6) is 11.5 Å². The van der Waals surface area contributed by atoms with Gasteiger partial charge in [-0.25, -0.2) is 0 Å². The maximum atomic E-state index is 13.4. The fraction of sp³-hybridized carbons (Fsp3) is 0.462. The Bertz CT molecular complexity index is 928. The highest BCUT2D eigenvalue weighted by Crippen LogP contribution is 2.31. The molecule has 1 N–H and O–H groups in total. The Labute approximate surface area is 190 Å². The highest BCUT2D eigenvalue weighted by Gasteiger charge is 2.28. The molecule has 0 bridgehead atoms. The van der Waals surface area contributed by atoms with Crippen molar-refractivity contribution in [1.82, 2.24) is 10.2 Å². The van der Waals surface area contributed by atoms with Gasteiger partial charge in [0.2, 0.25) is 11.8 Å². The lowest BCUT2D eigenvalue weighted by Gasteiger charge is -2.31. The standard InChI is InChI=1S/C26H34N2O4/c1-4-13-27-26(30)22(5-2)28(18-21-8-6-7-19(3)16-21)25(29)12-10-20-9-11-23-24(17-20)32-15-14-31-23/h6-9,11,16-17,22H,4-5,10,12-15,18H2,1-3H3,(H,27,30)/t22-/m0/s1. The van der Waals surface area contributed by atoms with Gasteiger partial charge in [-0.1, -0.05) is 49.7 Å². The second-order valence-corrected chi connectivity index (χ2v) is 8.20. The van der Waals surface area contributed by atoms with E-state index >= 15 is 0 Å². The van der Waals surface area contributed by atoms with E-state index in [1.165, 1.54) is 0 Å². The zero-order valence-corrected chi connectivity index (χ0v) is 19.4. The topological polar surface area (TPSA) is 67.9 Å². The van der Waals surface area contributed by atoms with Crippen molar-refractivity contribution >= 4 is 11.8 Å². The van der Waals surface area contributed by atoms with E-state index < -0.39 is 6.04 Å². The van der Waals surface area contributed by atoms with E-state index in [2.05, 4.69) is 11.4 Å². The fourth-order valence-electron chi connectivity index (χ4n) is 3.93. The average molecular weight is 439 g/mol. The van der Waals surface area contributed by atoms with E-state index in [0.717, 1.165) is 34.6 Å². The van der Waals surface area contributed by atoms with E-state index in [1.54, 1.807) is 4.90 Å². The third kappa shape index (κ3) is 6.25. The molecule has 2 aromatic rings. The van der Waals surface area contributed by atoms with Crippen LogP contribution in [0.15, 0.2) is 42.5 Å². The summed E-state index contributed by atoms with van der Waals surface area (Å²) >= 11 is 0. The van der Waals surface area contributed by atoms with Gasteiger partial charge >= 0.3 is 0 Å². The van der Waals surface area contributed by atoms with E-state index in [4.69, 9.17) is 9.47 Å². The number of rotatable bonds is 10. The molecule has 1 heterocycles. The molecule has 32 heavy (non-hydrogen) atoms. The molecule has 0 spiro atoms. The van der Waals surface area contributed by atoms with Crippen molar-refractivity contribution in [2.75, 3.05) is 19.8 Å². The van der Waals surface area contributed by atoms with Crippen LogP contribution in [0.1, 0.15) is 49.8 Å². The van der Waals surface area contributed by atoms with Crippen molar-refractivity contribution in [3.05, 3.63) is 59.2 Å². The molecule has 172 valence electrons. The summed E-state index contributed by atoms with van der Waals surface area (Å²) in [5.74, 6) is 1.35. The molecular weight excluding hydrogens is 404 g/mol. The molecule has 1 atom stereocenters. The SMILES string of the molecule is CCCNC(=O)[C@H](CC)N(Cc1cccc(C)c1)C(=O)CCc1ccc2c(c1)OCCO2. The van der Waals surface area contributed by atoms with E-state index in [9.17, 15) is 9.59 Å². The highest BCUT2D eigenvalue weighted by molar-refractivity contribution is 5.87. The van der Waals surface area contributed by atoms with Crippen LogP contribution in [0.2, 0.25) is 0 Å². The van der Waals surface area contributed by atoms with Crippen molar-refractivity contribution in [3.63, 3.8) is 0 Å². The van der Waals surface area contributed by atoms with Gasteiger partial charge in [-0.15, -0.1) is 0 Å². The van der Waals surface area contributed by atoms with Crippen LogP contribution in [0, 0.1) is 6.92 Å². The molecule has 3 rings (SSSR count). The molecule has 0 aliphatic carbocycles. The predicted octanol–water partition coefficient (Wildman–Crippen LogP) is 4.03. The lowest BCUT2D eigenvalue weighted by molar-refractivity contribution is -0.141. The van der Waals surface area contributed by atoms with Gasteiger partial charge in [0.25, 0.3) is 0 Å². The number of carbonyl (C=O) groups excluding carboxylic acids is 2. The largest absolute Gasteiger partial charge is 0.486 e. The van der Waals surface area contributed by atoms with Crippen molar-refractivity contribution in [1.29, 1.82) is 0 Å². The molecule has 6 nitrogen and oxygen atoms in total. The fourth-order valence-corrected chi connectivity index (χ4v) is 3.93. The molecule has 0 fully saturated rings. The average Bonchev–Trinajstić information content (AvgIpc) is 2.81. The normalized spacial score (nSPS) is 13.3. The molecule has 1 aliphatic rings. The van der Waals surface area contributed by atoms with Gasteiger partial charge in [-0.2, -0.15) is 0 Å². The summed E-state index contributed by atoms with van der Waals surface area (Å²) in [6, 6.07) is 13.4. The first-order valence-electron chi connectivity index (χ1n) is 11.5. The van der Waals surface area contributed by atoms with Crippen molar-refractivity contribution in [2.45, 2.75) is 59.0 Å². The molecule has 0 saturated heterocycles. The molecule has 6 heteroatoms. The number of amides is 2. The highest BCUT2D eigenvalue weighted by atomic mass is 16.6. The third-order valence-electron chi connectivity index (χ3n) is 5.60. The summed E-state index contributed by atoms with van der Waals surface area (Å²) in [5, 5.41) is 2.96. The molecule has 2 aromatic carbocycles. The van der Waals surface area contributed by atoms with Gasteiger partial charge in [0.05, 0.1) is 0 Å². The van der Waals surface area contributed by atoms with Gasteiger partial charge < -0.3 is 19.7 Å². The Morgan fingerprint density at radius 1 is 1.03 bits per heavy atom. The second-order valence-electron chi connectivity index (χ2n) is 8.20. The Morgan fingerprint density at radius 3 is 2.53 bits per heavy atom. The number of hydrogen-bond donors (Lipinski definition) is 1. The second kappa shape index (κ2) is 11.6. The Morgan fingerprint density at radius 2 is 1.81 bits per heavy atom. The summed E-state index contributed by atoms with van der Waals surface area (Å²) in [4.78, 5) is 27.9. The summed E-state index contributed by atoms with van der Waals surface area (Å²) < 4.78 is 11.2. The maximum Gasteiger partial charge on any atom is 0.242 e. The first kappa shape index (κ1) is 23.6. The lowest BCUT2D eigenvalue weighted by Crippen LogP contribution is -2.49. The Hall–Kier alpha value is -3.02. The predicted molar refractivity (Wildman–Crippen MR) is 125 cm³/mol. The number of hydrogen-bond acceptors (Lipinski definition) is 4. The molecule has 0 saturated carbocycles. The lowest BCUT2D eigenvalue weighted by atomic mass is 10.0. The van der Waals surface area contributed by atoms with E-state index in [0.29, 0.717) is 45.6 Å². The molecule has 0 aromatic heterocycles. The van der Waals surface area contributed by atoms with Crippen molar-refractivity contribution < 1.29 is 19.1 Å². The van der Waals surface area contributed by atoms with Crippen LogP contribution >= 0.6 is 0 Å². The molecule has 0 radical (unpaired) electrons. The van der Waals surface area contributed by atoms with Gasteiger partial charge in [0, 0.05) is 19.5 Å². The monoisotopic (exact) mass is 438 g/mol. The summed E-state index contributed by atoms with van der Waals surface area (Å²) in [5.41, 5.74) is 3.18. The van der Waals surface area contributed by atoms with E-state index in [-0.39, 0.29) is 11.8 Å². The first-order valence-corrected chi connectivity index (χ1v) is 11.5. The Balaban J connectivity index is 1.74. The molecular formula is C26H34N2O4. The van der Waals surface area contributed by atoms with Crippen LogP contribution < -0.4 is 14.8 Å². The number of aryl methyl sites for hydroxylation is 2. The zero-order chi connectivity index (χ0) is 22.9. The minimum absolute atomic E-state index is 0.0279. The van der Waals surface area contributed by atoms with Crippen LogP contribution in [0.4, 0.5) is 0 Å². The third-order valence-corrected chi connectivity index (χ3v) is 5.60. The van der Waals surface area contributed by atoms with Crippen LogP contribution in [0.25, 0.3) is 0 Å². The number of fused-ring (bicyclic) bond motifs is 1. The number of nitrogens with one attached hydrogen (secondary N) is 1. The maximum absolute atomic E-state index is 13.4. The number of nitrogens with zero attached hydrogens (tertiary/aromatic N) is 1. The van der Waals surface area contributed by atoms with Crippen LogP contribution in [-0.4, -0.2) is 42.5 Å². The smallest absolute Gasteiger partial charge is 0.242 e. The molecule has 1 aliphatic heterocycles. The Kier molecular flexibility index (Phi) is 8.54. The minimum atomic E-state index is -0.491. The van der Waals surface area contributed by atoms with Crippen molar-refractivity contribution in [3.8, 4) is 11.5 Å². The van der Waals surface area contributed by atoms with Crippen molar-refractivity contribution in [2.24, 2.45) is 0 Å². The number of benzene rings is 2. The molecule has 2 amide bonds. The first-order chi connectivity index (χ1) is 15.5. The van der Waals surface area contributed by atoms with Crippen LogP contribution in [0.3, 0.4) is 0 Å². The zero-order valence-electron chi connectivity index (χ0n) is 19.4. The summed E-state index contributed by atoms with van der Waals surface area (Å²) in [6.45, 7) is 8.11. The summed E-state index contributed by atoms with van der Waals surface area (Å²) in [7, 11) is 0. The van der Waals surface area contributed by atoms with Gasteiger partial charge in [0.15, 0.2) is 11.5 Å². The minimum Gasteiger partial charge on any atom is -0.486 e. The van der Waals surface area contributed by atoms with E-state index in [1.807, 2.05) is 57.2 Å². The quantitative estimate of drug-likeness (QED) is 0.608.